The molecule has 0 atom stereocenters. The van der Waals surface area contributed by atoms with Crippen molar-refractivity contribution in [3.8, 4) is 6.07 Å². The monoisotopic (exact) mass is 422 g/mol. The molecular weight excluding hydrogens is 404 g/mol. The predicted octanol–water partition coefficient (Wildman–Crippen LogP) is 3.54. The normalized spacial score (nSPS) is 10.9. The second kappa shape index (κ2) is 8.63. The van der Waals surface area contributed by atoms with E-state index in [0.717, 1.165) is 11.3 Å². The van der Waals surface area contributed by atoms with E-state index < -0.39 is 14.8 Å². The number of nitro benzene ring substituents is 1. The van der Waals surface area contributed by atoms with E-state index in [-0.39, 0.29) is 15.5 Å². The average molecular weight is 422 g/mol. The summed E-state index contributed by atoms with van der Waals surface area (Å²) in [6.07, 6.45) is 0.643. The zero-order valence-electron chi connectivity index (χ0n) is 15.8. The largest absolute Gasteiger partial charge is 0.398 e. The molecule has 152 valence electrons. The molecule has 0 aromatic heterocycles. The Bertz CT molecular complexity index is 1220. The van der Waals surface area contributed by atoms with E-state index in [1.807, 2.05) is 6.07 Å². The van der Waals surface area contributed by atoms with Crippen LogP contribution in [0.4, 0.5) is 17.1 Å². The van der Waals surface area contributed by atoms with Crippen LogP contribution in [0.5, 0.6) is 0 Å². The summed E-state index contributed by atoms with van der Waals surface area (Å²) in [6.45, 7) is 0.587. The first-order chi connectivity index (χ1) is 14.3. The lowest BCUT2D eigenvalue weighted by Gasteiger charge is -2.09. The lowest BCUT2D eigenvalue weighted by atomic mass is 10.1. The highest BCUT2D eigenvalue weighted by Gasteiger charge is 2.18. The maximum atomic E-state index is 12.7. The number of anilines is 2. The van der Waals surface area contributed by atoms with Crippen molar-refractivity contribution in [3.05, 3.63) is 88.0 Å². The molecule has 0 fully saturated rings. The van der Waals surface area contributed by atoms with Gasteiger partial charge in [0.1, 0.15) is 6.07 Å². The highest BCUT2D eigenvalue weighted by molar-refractivity contribution is 7.91. The Balaban J connectivity index is 1.65. The Morgan fingerprint density at radius 2 is 1.60 bits per heavy atom. The summed E-state index contributed by atoms with van der Waals surface area (Å²) in [5, 5.41) is 22.9. The van der Waals surface area contributed by atoms with Gasteiger partial charge in [-0.15, -0.1) is 0 Å². The van der Waals surface area contributed by atoms with Crippen molar-refractivity contribution in [2.45, 2.75) is 16.2 Å². The van der Waals surface area contributed by atoms with Crippen LogP contribution in [0, 0.1) is 21.4 Å². The number of nitro groups is 1. The van der Waals surface area contributed by atoms with Crippen molar-refractivity contribution >= 4 is 26.9 Å². The molecule has 3 rings (SSSR count). The minimum atomic E-state index is -3.75. The smallest absolute Gasteiger partial charge is 0.269 e. The fourth-order valence-electron chi connectivity index (χ4n) is 2.83. The van der Waals surface area contributed by atoms with E-state index in [1.54, 1.807) is 30.3 Å². The Kier molecular flexibility index (Phi) is 5.99. The number of benzene rings is 3. The molecule has 0 aliphatic heterocycles. The first-order valence-electron chi connectivity index (χ1n) is 8.93. The number of nitrogens with two attached hydrogens (primary N) is 1. The van der Waals surface area contributed by atoms with Gasteiger partial charge in [-0.3, -0.25) is 10.1 Å². The predicted molar refractivity (Wildman–Crippen MR) is 113 cm³/mol. The van der Waals surface area contributed by atoms with E-state index in [2.05, 4.69) is 5.32 Å². The fraction of sp³-hybridized carbons (Fsp3) is 0.0952. The van der Waals surface area contributed by atoms with Crippen LogP contribution in [0.2, 0.25) is 0 Å². The number of hydrogen-bond acceptors (Lipinski definition) is 7. The summed E-state index contributed by atoms with van der Waals surface area (Å²) in [7, 11) is -3.75. The molecule has 0 saturated carbocycles. The third-order valence-corrected chi connectivity index (χ3v) is 6.29. The highest BCUT2D eigenvalue weighted by Crippen LogP contribution is 2.23. The molecule has 0 bridgehead atoms. The third kappa shape index (κ3) is 4.56. The molecule has 3 N–H and O–H groups in total. The zero-order chi connectivity index (χ0) is 21.7. The zero-order valence-corrected chi connectivity index (χ0v) is 16.6. The number of nitriles is 1. The lowest BCUT2D eigenvalue weighted by Crippen LogP contribution is -2.06. The van der Waals surface area contributed by atoms with Crippen LogP contribution in [0.1, 0.15) is 11.1 Å². The van der Waals surface area contributed by atoms with Crippen molar-refractivity contribution in [3.63, 3.8) is 0 Å². The van der Waals surface area contributed by atoms with Gasteiger partial charge in [-0.1, -0.05) is 12.1 Å². The van der Waals surface area contributed by atoms with Gasteiger partial charge >= 0.3 is 0 Å². The van der Waals surface area contributed by atoms with E-state index in [9.17, 15) is 18.5 Å². The molecule has 0 radical (unpaired) electrons. The third-order valence-electron chi connectivity index (χ3n) is 4.51. The second-order valence-corrected chi connectivity index (χ2v) is 8.44. The molecule has 30 heavy (non-hydrogen) atoms. The maximum absolute atomic E-state index is 12.7. The molecular formula is C21H18N4O4S. The van der Waals surface area contributed by atoms with Crippen LogP contribution in [0.25, 0.3) is 0 Å². The van der Waals surface area contributed by atoms with E-state index >= 15 is 0 Å². The number of rotatable bonds is 7. The summed E-state index contributed by atoms with van der Waals surface area (Å²) < 4.78 is 25.4. The summed E-state index contributed by atoms with van der Waals surface area (Å²) in [4.78, 5) is 10.3. The van der Waals surface area contributed by atoms with Crippen molar-refractivity contribution in [2.24, 2.45) is 0 Å². The van der Waals surface area contributed by atoms with Crippen molar-refractivity contribution in [2.75, 3.05) is 17.6 Å². The number of nitrogens with one attached hydrogen (secondary N) is 1. The van der Waals surface area contributed by atoms with Gasteiger partial charge in [0, 0.05) is 30.1 Å². The van der Waals surface area contributed by atoms with Crippen LogP contribution in [-0.4, -0.2) is 19.9 Å². The average Bonchev–Trinajstić information content (AvgIpc) is 2.75. The van der Waals surface area contributed by atoms with Crippen LogP contribution in [-0.2, 0) is 16.3 Å². The Labute approximate surface area is 173 Å². The molecule has 0 heterocycles. The standard InChI is InChI=1S/C21H18N4O4S/c22-14-16-13-17(3-10-21(16)23)24-12-11-15-1-6-19(7-2-15)30(28,29)20-8-4-18(5-9-20)25(26)27/h1-10,13,24H,11-12,23H2. The summed E-state index contributed by atoms with van der Waals surface area (Å²) >= 11 is 0. The van der Waals surface area contributed by atoms with Gasteiger partial charge in [0.25, 0.3) is 5.69 Å². The topological polar surface area (TPSA) is 139 Å². The molecule has 3 aromatic carbocycles. The van der Waals surface area contributed by atoms with Gasteiger partial charge in [0.2, 0.25) is 9.84 Å². The first kappa shape index (κ1) is 20.8. The molecule has 0 aliphatic rings. The fourth-order valence-corrected chi connectivity index (χ4v) is 4.09. The number of sulfone groups is 1. The van der Waals surface area contributed by atoms with Gasteiger partial charge in [0.15, 0.2) is 0 Å². The second-order valence-electron chi connectivity index (χ2n) is 6.49. The van der Waals surface area contributed by atoms with Crippen molar-refractivity contribution in [1.82, 2.24) is 0 Å². The van der Waals surface area contributed by atoms with Crippen molar-refractivity contribution in [1.29, 1.82) is 5.26 Å². The summed E-state index contributed by atoms with van der Waals surface area (Å²) in [6, 6.07) is 18.4. The number of nitrogen functional groups attached to an aromatic ring is 1. The Morgan fingerprint density at radius 1 is 1.00 bits per heavy atom. The van der Waals surface area contributed by atoms with Gasteiger partial charge < -0.3 is 11.1 Å². The van der Waals surface area contributed by atoms with Crippen LogP contribution >= 0.6 is 0 Å². The molecule has 0 unspecified atom stereocenters. The molecule has 0 amide bonds. The molecule has 0 aliphatic carbocycles. The summed E-state index contributed by atoms with van der Waals surface area (Å²) in [5.74, 6) is 0. The number of nitrogens with zero attached hydrogens (tertiary/aromatic N) is 2. The van der Waals surface area contributed by atoms with Gasteiger partial charge in [-0.2, -0.15) is 5.26 Å². The Hall–Kier alpha value is -3.90. The van der Waals surface area contributed by atoms with Crippen LogP contribution in [0.15, 0.2) is 76.5 Å². The molecule has 0 spiro atoms. The van der Waals surface area contributed by atoms with Crippen LogP contribution in [0.3, 0.4) is 0 Å². The maximum Gasteiger partial charge on any atom is 0.269 e. The number of hydrogen-bond donors (Lipinski definition) is 2. The minimum absolute atomic E-state index is 0.000774. The van der Waals surface area contributed by atoms with E-state index in [1.165, 1.54) is 36.4 Å². The molecule has 3 aromatic rings. The molecule has 9 heteroatoms. The molecule has 8 nitrogen and oxygen atoms in total. The van der Waals surface area contributed by atoms with E-state index in [0.29, 0.717) is 24.2 Å². The van der Waals surface area contributed by atoms with Gasteiger partial charge in [-0.25, -0.2) is 8.42 Å². The van der Waals surface area contributed by atoms with Crippen molar-refractivity contribution < 1.29 is 13.3 Å². The molecule has 0 saturated heterocycles. The highest BCUT2D eigenvalue weighted by atomic mass is 32.2. The number of non-ortho nitro benzene ring substituents is 1. The van der Waals surface area contributed by atoms with E-state index in [4.69, 9.17) is 11.0 Å². The lowest BCUT2D eigenvalue weighted by molar-refractivity contribution is -0.384. The first-order valence-corrected chi connectivity index (χ1v) is 10.4. The van der Waals surface area contributed by atoms with Gasteiger partial charge in [0.05, 0.1) is 20.3 Å². The van der Waals surface area contributed by atoms with Gasteiger partial charge in [-0.05, 0) is 54.4 Å². The Morgan fingerprint density at radius 3 is 2.17 bits per heavy atom. The SMILES string of the molecule is N#Cc1cc(NCCc2ccc(S(=O)(=O)c3ccc([N+](=O)[O-])cc3)cc2)ccc1N. The van der Waals surface area contributed by atoms with Crippen LogP contribution < -0.4 is 11.1 Å². The quantitative estimate of drug-likeness (QED) is 0.337. The minimum Gasteiger partial charge on any atom is -0.398 e. The summed E-state index contributed by atoms with van der Waals surface area (Å²) in [5.41, 5.74) is 8.07.